The fourth-order valence-electron chi connectivity index (χ4n) is 2.71. The Labute approximate surface area is 120 Å². The number of hydrogen-bond acceptors (Lipinski definition) is 2. The number of anilines is 1. The van der Waals surface area contributed by atoms with Crippen molar-refractivity contribution in [3.63, 3.8) is 0 Å². The first-order valence-electron chi connectivity index (χ1n) is 7.47. The van der Waals surface area contributed by atoms with Crippen molar-refractivity contribution in [3.8, 4) is 0 Å². The van der Waals surface area contributed by atoms with Gasteiger partial charge in [0.15, 0.2) is 0 Å². The predicted molar refractivity (Wildman–Crippen MR) is 78.9 cm³/mol. The first-order chi connectivity index (χ1) is 9.51. The summed E-state index contributed by atoms with van der Waals surface area (Å²) in [6.07, 6.45) is 2.09. The maximum Gasteiger partial charge on any atom is 0.149 e. The van der Waals surface area contributed by atoms with E-state index in [2.05, 4.69) is 12.2 Å². The lowest BCUT2D eigenvalue weighted by atomic mass is 10.1. The summed E-state index contributed by atoms with van der Waals surface area (Å²) in [5.41, 5.74) is 0.804. The molecule has 20 heavy (non-hydrogen) atoms. The Morgan fingerprint density at radius 2 is 1.95 bits per heavy atom. The Morgan fingerprint density at radius 3 is 2.45 bits per heavy atom. The van der Waals surface area contributed by atoms with Crippen molar-refractivity contribution < 1.29 is 8.78 Å². The number of nitrogens with zero attached hydrogens (tertiary/aromatic N) is 1. The van der Waals surface area contributed by atoms with E-state index < -0.39 is 11.6 Å². The van der Waals surface area contributed by atoms with Crippen molar-refractivity contribution in [1.29, 1.82) is 0 Å². The highest BCUT2D eigenvalue weighted by Gasteiger charge is 2.26. The Balaban J connectivity index is 2.15. The van der Waals surface area contributed by atoms with Gasteiger partial charge in [-0.15, -0.1) is 0 Å². The third-order valence-corrected chi connectivity index (χ3v) is 3.97. The fraction of sp³-hybridized carbons (Fsp3) is 0.625. The van der Waals surface area contributed by atoms with E-state index in [-0.39, 0.29) is 5.69 Å². The van der Waals surface area contributed by atoms with Gasteiger partial charge in [-0.3, -0.25) is 0 Å². The van der Waals surface area contributed by atoms with Crippen LogP contribution in [0.1, 0.15) is 39.2 Å². The number of benzene rings is 1. The molecule has 1 aromatic carbocycles. The molecule has 1 unspecified atom stereocenters. The van der Waals surface area contributed by atoms with Gasteiger partial charge in [-0.1, -0.05) is 27.2 Å². The predicted octanol–water partition coefficient (Wildman–Crippen LogP) is 3.70. The molecule has 0 saturated carbocycles. The molecule has 2 nitrogen and oxygen atoms in total. The van der Waals surface area contributed by atoms with Gasteiger partial charge in [0.2, 0.25) is 0 Å². The van der Waals surface area contributed by atoms with Gasteiger partial charge in [-0.25, -0.2) is 8.78 Å². The molecular formula is C16H24F2N2. The van der Waals surface area contributed by atoms with Crippen molar-refractivity contribution in [1.82, 2.24) is 5.32 Å². The first-order valence-corrected chi connectivity index (χ1v) is 7.47. The summed E-state index contributed by atoms with van der Waals surface area (Å²) in [5.74, 6) is -0.333. The van der Waals surface area contributed by atoms with Gasteiger partial charge >= 0.3 is 0 Å². The maximum absolute atomic E-state index is 14.2. The number of halogens is 2. The molecule has 1 atom stereocenters. The van der Waals surface area contributed by atoms with E-state index in [1.165, 1.54) is 12.1 Å². The molecule has 1 heterocycles. The Kier molecular flexibility index (Phi) is 4.97. The lowest BCUT2D eigenvalue weighted by Gasteiger charge is -2.21. The van der Waals surface area contributed by atoms with Crippen molar-refractivity contribution in [2.75, 3.05) is 18.0 Å². The molecule has 0 radical (unpaired) electrons. The number of rotatable bonds is 5. The first kappa shape index (κ1) is 15.2. The van der Waals surface area contributed by atoms with Crippen molar-refractivity contribution in [2.45, 2.75) is 46.2 Å². The Morgan fingerprint density at radius 1 is 1.30 bits per heavy atom. The van der Waals surface area contributed by atoms with Gasteiger partial charge < -0.3 is 10.2 Å². The van der Waals surface area contributed by atoms with Gasteiger partial charge in [-0.05, 0) is 30.0 Å². The molecule has 0 aromatic heterocycles. The average molecular weight is 282 g/mol. The van der Waals surface area contributed by atoms with Crippen LogP contribution in [0.2, 0.25) is 0 Å². The minimum absolute atomic E-state index is 0.147. The molecule has 1 aliphatic rings. The molecule has 2 rings (SSSR count). The second-order valence-corrected chi connectivity index (χ2v) is 5.95. The highest BCUT2D eigenvalue weighted by molar-refractivity contribution is 5.51. The summed E-state index contributed by atoms with van der Waals surface area (Å²) in [5, 5.41) is 3.17. The van der Waals surface area contributed by atoms with Crippen LogP contribution in [-0.4, -0.2) is 19.1 Å². The molecular weight excluding hydrogens is 258 g/mol. The molecule has 0 spiro atoms. The van der Waals surface area contributed by atoms with Crippen molar-refractivity contribution >= 4 is 5.69 Å². The summed E-state index contributed by atoms with van der Waals surface area (Å²) >= 11 is 0. The molecule has 1 aromatic rings. The van der Waals surface area contributed by atoms with E-state index in [0.717, 1.165) is 25.9 Å². The standard InChI is InChI=1S/C16H24F2N2/c1-4-12-5-6-20(10-12)16-14(17)7-13(8-15(16)18)9-19-11(2)3/h7-8,11-12,19H,4-6,9-10H2,1-3H3. The zero-order valence-electron chi connectivity index (χ0n) is 12.5. The third-order valence-electron chi connectivity index (χ3n) is 3.97. The van der Waals surface area contributed by atoms with Crippen LogP contribution in [0.15, 0.2) is 12.1 Å². The summed E-state index contributed by atoms with van der Waals surface area (Å²) in [7, 11) is 0. The van der Waals surface area contributed by atoms with Crippen LogP contribution in [0, 0.1) is 17.6 Å². The summed E-state index contributed by atoms with van der Waals surface area (Å²) < 4.78 is 28.4. The van der Waals surface area contributed by atoms with Crippen LogP contribution in [0.3, 0.4) is 0 Å². The van der Waals surface area contributed by atoms with Crippen LogP contribution in [0.5, 0.6) is 0 Å². The second-order valence-electron chi connectivity index (χ2n) is 5.95. The second kappa shape index (κ2) is 6.53. The molecule has 1 fully saturated rings. The van der Waals surface area contributed by atoms with E-state index in [9.17, 15) is 8.78 Å². The largest absolute Gasteiger partial charge is 0.367 e. The SMILES string of the molecule is CCC1CCN(c2c(F)cc(CNC(C)C)cc2F)C1. The summed E-state index contributed by atoms with van der Waals surface area (Å²) in [6, 6.07) is 3.20. The van der Waals surface area contributed by atoms with Gasteiger partial charge in [0.25, 0.3) is 0 Å². The van der Waals surface area contributed by atoms with E-state index in [4.69, 9.17) is 0 Å². The average Bonchev–Trinajstić information content (AvgIpc) is 2.84. The van der Waals surface area contributed by atoms with E-state index in [1.54, 1.807) is 0 Å². The van der Waals surface area contributed by atoms with E-state index >= 15 is 0 Å². The maximum atomic E-state index is 14.2. The quantitative estimate of drug-likeness (QED) is 0.886. The number of hydrogen-bond donors (Lipinski definition) is 1. The molecule has 4 heteroatoms. The minimum atomic E-state index is -0.442. The van der Waals surface area contributed by atoms with Gasteiger partial charge in [-0.2, -0.15) is 0 Å². The molecule has 112 valence electrons. The highest BCUT2D eigenvalue weighted by atomic mass is 19.1. The minimum Gasteiger partial charge on any atom is -0.367 e. The van der Waals surface area contributed by atoms with E-state index in [0.29, 0.717) is 24.1 Å². The van der Waals surface area contributed by atoms with Crippen molar-refractivity contribution in [3.05, 3.63) is 29.3 Å². The van der Waals surface area contributed by atoms with Crippen molar-refractivity contribution in [2.24, 2.45) is 5.92 Å². The topological polar surface area (TPSA) is 15.3 Å². The van der Waals surface area contributed by atoms with Gasteiger partial charge in [0.05, 0.1) is 0 Å². The van der Waals surface area contributed by atoms with Crippen LogP contribution in [0.4, 0.5) is 14.5 Å². The number of nitrogens with one attached hydrogen (secondary N) is 1. The highest BCUT2D eigenvalue weighted by Crippen LogP contribution is 2.30. The van der Waals surface area contributed by atoms with E-state index in [1.807, 2.05) is 18.7 Å². The van der Waals surface area contributed by atoms with Gasteiger partial charge in [0, 0.05) is 25.7 Å². The normalized spacial score (nSPS) is 19.1. The zero-order chi connectivity index (χ0) is 14.7. The van der Waals surface area contributed by atoms with Crippen LogP contribution in [-0.2, 0) is 6.54 Å². The molecule has 0 bridgehead atoms. The van der Waals surface area contributed by atoms with Crippen LogP contribution < -0.4 is 10.2 Å². The monoisotopic (exact) mass is 282 g/mol. The smallest absolute Gasteiger partial charge is 0.149 e. The van der Waals surface area contributed by atoms with Gasteiger partial charge in [0.1, 0.15) is 17.3 Å². The zero-order valence-corrected chi connectivity index (χ0v) is 12.5. The molecule has 1 saturated heterocycles. The third kappa shape index (κ3) is 3.48. The molecule has 1 aliphatic heterocycles. The Bertz CT molecular complexity index is 437. The summed E-state index contributed by atoms with van der Waals surface area (Å²) in [6.45, 7) is 8.14. The summed E-state index contributed by atoms with van der Waals surface area (Å²) in [4.78, 5) is 1.85. The molecule has 0 aliphatic carbocycles. The molecule has 0 amide bonds. The van der Waals surface area contributed by atoms with Crippen LogP contribution >= 0.6 is 0 Å². The lowest BCUT2D eigenvalue weighted by Crippen LogP contribution is -2.24. The van der Waals surface area contributed by atoms with Crippen LogP contribution in [0.25, 0.3) is 0 Å². The lowest BCUT2D eigenvalue weighted by molar-refractivity contribution is 0.550. The molecule has 1 N–H and O–H groups in total. The fourth-order valence-corrected chi connectivity index (χ4v) is 2.71. The Hall–Kier alpha value is -1.16.